The average Bonchev–Trinajstić information content (AvgIpc) is 3.09. The lowest BCUT2D eigenvalue weighted by Gasteiger charge is -2.09. The molecule has 2 aromatic rings. The van der Waals surface area contributed by atoms with E-state index in [1.807, 2.05) is 24.3 Å². The third kappa shape index (κ3) is 3.48. The highest BCUT2D eigenvalue weighted by atomic mass is 79.9. The molecule has 3 rings (SSSR count). The van der Waals surface area contributed by atoms with Crippen LogP contribution in [0, 0.1) is 0 Å². The predicted octanol–water partition coefficient (Wildman–Crippen LogP) is 1.87. The summed E-state index contributed by atoms with van der Waals surface area (Å²) in [6, 6.07) is 7.90. The Balaban J connectivity index is 1.56. The lowest BCUT2D eigenvalue weighted by molar-refractivity contribution is -0.119. The molecule has 21 heavy (non-hydrogen) atoms. The van der Waals surface area contributed by atoms with Crippen molar-refractivity contribution in [2.45, 2.75) is 25.4 Å². The van der Waals surface area contributed by atoms with Gasteiger partial charge in [-0.3, -0.25) is 4.79 Å². The molecule has 0 bridgehead atoms. The van der Waals surface area contributed by atoms with Gasteiger partial charge in [0.15, 0.2) is 0 Å². The number of hydrogen-bond acceptors (Lipinski definition) is 5. The average molecular weight is 351 g/mol. The van der Waals surface area contributed by atoms with E-state index in [2.05, 4.69) is 36.8 Å². The fraction of sp³-hybridized carbons (Fsp3) is 0.357. The van der Waals surface area contributed by atoms with Crippen LogP contribution in [0.15, 0.2) is 33.2 Å². The monoisotopic (exact) mass is 350 g/mol. The molecule has 0 radical (unpaired) electrons. The number of carbonyl (C=O) groups is 1. The van der Waals surface area contributed by atoms with Crippen molar-refractivity contribution in [1.29, 1.82) is 0 Å². The van der Waals surface area contributed by atoms with Gasteiger partial charge in [-0.2, -0.15) is 0 Å². The second-order valence-electron chi connectivity index (χ2n) is 4.91. The zero-order valence-electron chi connectivity index (χ0n) is 11.3. The van der Waals surface area contributed by atoms with Crippen LogP contribution in [0.25, 0.3) is 11.5 Å². The van der Waals surface area contributed by atoms with Crippen molar-refractivity contribution in [1.82, 2.24) is 20.8 Å². The molecule has 1 aliphatic heterocycles. The van der Waals surface area contributed by atoms with Crippen molar-refractivity contribution in [2.24, 2.45) is 0 Å². The Morgan fingerprint density at radius 1 is 1.38 bits per heavy atom. The maximum Gasteiger partial charge on any atom is 0.248 e. The van der Waals surface area contributed by atoms with Crippen LogP contribution in [0.2, 0.25) is 0 Å². The normalized spacial score (nSPS) is 18.0. The molecule has 1 atom stereocenters. The van der Waals surface area contributed by atoms with Crippen molar-refractivity contribution in [3.05, 3.63) is 34.6 Å². The van der Waals surface area contributed by atoms with E-state index in [-0.39, 0.29) is 11.9 Å². The van der Waals surface area contributed by atoms with Gasteiger partial charge >= 0.3 is 0 Å². The second kappa shape index (κ2) is 6.36. The third-order valence-corrected chi connectivity index (χ3v) is 4.01. The van der Waals surface area contributed by atoms with Crippen LogP contribution in [-0.2, 0) is 11.3 Å². The molecule has 1 unspecified atom stereocenters. The van der Waals surface area contributed by atoms with E-state index in [1.165, 1.54) is 0 Å². The summed E-state index contributed by atoms with van der Waals surface area (Å²) in [4.78, 5) is 11.1. The minimum Gasteiger partial charge on any atom is -0.419 e. The van der Waals surface area contributed by atoms with Crippen LogP contribution in [0.5, 0.6) is 0 Å². The molecular formula is C14H15BrN4O2. The van der Waals surface area contributed by atoms with Crippen LogP contribution in [0.3, 0.4) is 0 Å². The molecule has 2 heterocycles. The van der Waals surface area contributed by atoms with Gasteiger partial charge in [-0.25, -0.2) is 0 Å². The predicted molar refractivity (Wildman–Crippen MR) is 80.3 cm³/mol. The zero-order valence-corrected chi connectivity index (χ0v) is 12.9. The highest BCUT2D eigenvalue weighted by Crippen LogP contribution is 2.26. The van der Waals surface area contributed by atoms with Crippen LogP contribution in [0.1, 0.15) is 18.7 Å². The van der Waals surface area contributed by atoms with E-state index in [1.54, 1.807) is 0 Å². The largest absolute Gasteiger partial charge is 0.419 e. The van der Waals surface area contributed by atoms with Gasteiger partial charge in [-0.15, -0.1) is 10.2 Å². The summed E-state index contributed by atoms with van der Waals surface area (Å²) in [6.45, 7) is 1.20. The first-order valence-electron chi connectivity index (χ1n) is 6.80. The molecule has 0 saturated carbocycles. The van der Waals surface area contributed by atoms with Gasteiger partial charge in [-0.05, 0) is 34.5 Å². The van der Waals surface area contributed by atoms with E-state index < -0.39 is 0 Å². The molecule has 1 saturated heterocycles. The Bertz CT molecular complexity index is 643. The first kappa shape index (κ1) is 14.2. The molecule has 1 amide bonds. The molecule has 110 valence electrons. The van der Waals surface area contributed by atoms with Gasteiger partial charge in [0.1, 0.15) is 0 Å². The number of amides is 1. The lowest BCUT2D eigenvalue weighted by Crippen LogP contribution is -2.35. The molecule has 0 spiro atoms. The SMILES string of the molecule is O=C1CCC(CNCc2nnc(-c3ccccc3Br)o2)N1. The number of aromatic nitrogens is 2. The highest BCUT2D eigenvalue weighted by Gasteiger charge is 2.20. The van der Waals surface area contributed by atoms with Gasteiger partial charge < -0.3 is 15.1 Å². The van der Waals surface area contributed by atoms with Crippen LogP contribution in [0.4, 0.5) is 0 Å². The van der Waals surface area contributed by atoms with Crippen molar-refractivity contribution in [2.75, 3.05) is 6.54 Å². The minimum atomic E-state index is 0.121. The van der Waals surface area contributed by atoms with Crippen molar-refractivity contribution >= 4 is 21.8 Å². The Kier molecular flexibility index (Phi) is 4.31. The van der Waals surface area contributed by atoms with E-state index in [4.69, 9.17) is 4.42 Å². The molecular weight excluding hydrogens is 336 g/mol. The third-order valence-electron chi connectivity index (χ3n) is 3.32. The summed E-state index contributed by atoms with van der Waals surface area (Å²) in [5, 5.41) is 14.2. The molecule has 2 N–H and O–H groups in total. The minimum absolute atomic E-state index is 0.121. The number of hydrogen-bond donors (Lipinski definition) is 2. The summed E-state index contributed by atoms with van der Waals surface area (Å²) in [7, 11) is 0. The standard InChI is InChI=1S/C14H15BrN4O2/c15-11-4-2-1-3-10(11)14-19-18-13(21-14)8-16-7-9-5-6-12(20)17-9/h1-4,9,16H,5-8H2,(H,17,20). The van der Waals surface area contributed by atoms with E-state index in [0.29, 0.717) is 31.3 Å². The van der Waals surface area contributed by atoms with Gasteiger partial charge in [-0.1, -0.05) is 12.1 Å². The maximum atomic E-state index is 11.1. The Morgan fingerprint density at radius 3 is 3.00 bits per heavy atom. The number of nitrogens with one attached hydrogen (secondary N) is 2. The van der Waals surface area contributed by atoms with E-state index >= 15 is 0 Å². The van der Waals surface area contributed by atoms with Gasteiger partial charge in [0.25, 0.3) is 0 Å². The highest BCUT2D eigenvalue weighted by molar-refractivity contribution is 9.10. The Hall–Kier alpha value is -1.73. The van der Waals surface area contributed by atoms with Gasteiger partial charge in [0.2, 0.25) is 17.7 Å². The molecule has 1 aliphatic rings. The van der Waals surface area contributed by atoms with Crippen molar-refractivity contribution < 1.29 is 9.21 Å². The Morgan fingerprint density at radius 2 is 2.24 bits per heavy atom. The number of benzene rings is 1. The van der Waals surface area contributed by atoms with Gasteiger partial charge in [0.05, 0.1) is 12.1 Å². The van der Waals surface area contributed by atoms with Crippen molar-refractivity contribution in [3.8, 4) is 11.5 Å². The van der Waals surface area contributed by atoms with E-state index in [0.717, 1.165) is 16.5 Å². The molecule has 7 heteroatoms. The summed E-state index contributed by atoms with van der Waals surface area (Å²) >= 11 is 3.46. The topological polar surface area (TPSA) is 80.1 Å². The van der Waals surface area contributed by atoms with Crippen LogP contribution >= 0.6 is 15.9 Å². The Labute approximate surface area is 130 Å². The first-order chi connectivity index (χ1) is 10.2. The summed E-state index contributed by atoms with van der Waals surface area (Å²) in [5.41, 5.74) is 0.874. The fourth-order valence-corrected chi connectivity index (χ4v) is 2.71. The number of carbonyl (C=O) groups excluding carboxylic acids is 1. The maximum absolute atomic E-state index is 11.1. The molecule has 6 nitrogen and oxygen atoms in total. The molecule has 1 aromatic carbocycles. The quantitative estimate of drug-likeness (QED) is 0.860. The molecule has 1 fully saturated rings. The number of halogens is 1. The second-order valence-corrected chi connectivity index (χ2v) is 5.77. The zero-order chi connectivity index (χ0) is 14.7. The summed E-state index contributed by atoms with van der Waals surface area (Å²) in [5.74, 6) is 1.15. The molecule has 0 aliphatic carbocycles. The van der Waals surface area contributed by atoms with Crippen LogP contribution < -0.4 is 10.6 Å². The summed E-state index contributed by atoms with van der Waals surface area (Å²) < 4.78 is 6.55. The van der Waals surface area contributed by atoms with E-state index in [9.17, 15) is 4.79 Å². The van der Waals surface area contributed by atoms with Gasteiger partial charge in [0, 0.05) is 23.5 Å². The van der Waals surface area contributed by atoms with Crippen molar-refractivity contribution in [3.63, 3.8) is 0 Å². The smallest absolute Gasteiger partial charge is 0.248 e. The molecule has 1 aromatic heterocycles. The fourth-order valence-electron chi connectivity index (χ4n) is 2.25. The lowest BCUT2D eigenvalue weighted by atomic mass is 10.2. The first-order valence-corrected chi connectivity index (χ1v) is 7.59. The van der Waals surface area contributed by atoms with Crippen LogP contribution in [-0.4, -0.2) is 28.7 Å². The number of nitrogens with zero attached hydrogens (tertiary/aromatic N) is 2. The number of rotatable bonds is 5. The summed E-state index contributed by atoms with van der Waals surface area (Å²) in [6.07, 6.45) is 1.48.